The second kappa shape index (κ2) is 8.94. The Morgan fingerprint density at radius 3 is 2.76 bits per heavy atom. The topological polar surface area (TPSA) is 88.7 Å². The van der Waals surface area contributed by atoms with Crippen LogP contribution < -0.4 is 5.32 Å². The molecule has 0 aliphatic heterocycles. The first-order valence-corrected chi connectivity index (χ1v) is 14.5. The van der Waals surface area contributed by atoms with Gasteiger partial charge >= 0.3 is 0 Å². The number of nitrogens with zero attached hydrogens (tertiary/aromatic N) is 5. The zero-order chi connectivity index (χ0) is 21.1. The van der Waals surface area contributed by atoms with Crippen molar-refractivity contribution < 1.29 is 4.74 Å². The lowest BCUT2D eigenvalue weighted by atomic mass is 10.1. The molecule has 0 unspecified atom stereocenters. The molecule has 7 nitrogen and oxygen atoms in total. The van der Waals surface area contributed by atoms with Crippen LogP contribution in [0.2, 0.25) is 25.7 Å². The van der Waals surface area contributed by atoms with Crippen molar-refractivity contribution in [3.63, 3.8) is 0 Å². The first kappa shape index (κ1) is 21.9. The van der Waals surface area contributed by atoms with E-state index < -0.39 is 8.07 Å². The average Bonchev–Trinajstić information content (AvgIpc) is 3.31. The van der Waals surface area contributed by atoms with Gasteiger partial charge in [-0.2, -0.15) is 5.26 Å². The van der Waals surface area contributed by atoms with Crippen LogP contribution in [-0.4, -0.2) is 40.7 Å². The fraction of sp³-hybridized carbons (Fsp3) is 0.600. The Labute approximate surface area is 182 Å². The van der Waals surface area contributed by atoms with E-state index in [1.165, 1.54) is 0 Å². The van der Waals surface area contributed by atoms with Gasteiger partial charge < -0.3 is 14.6 Å². The lowest BCUT2D eigenvalue weighted by molar-refractivity contribution is 0.0851. The minimum absolute atomic E-state index is 0.101. The smallest absolute Gasteiger partial charge is 0.223 e. The highest BCUT2D eigenvalue weighted by molar-refractivity contribution is 9.10. The highest BCUT2D eigenvalue weighted by Crippen LogP contribution is 2.48. The molecule has 0 aromatic carbocycles. The SMILES string of the molecule is CC1(c2nc(Br)c(-c3ccnc(NCCC#N)n3)n2COCC[Si](C)(C)C)CC1. The molecule has 0 saturated heterocycles. The fourth-order valence-corrected chi connectivity index (χ4v) is 4.35. The molecule has 29 heavy (non-hydrogen) atoms. The van der Waals surface area contributed by atoms with Crippen molar-refractivity contribution in [3.8, 4) is 17.5 Å². The maximum Gasteiger partial charge on any atom is 0.223 e. The number of imidazole rings is 1. The van der Waals surface area contributed by atoms with Crippen molar-refractivity contribution in [1.82, 2.24) is 19.5 Å². The van der Waals surface area contributed by atoms with Crippen LogP contribution in [0.4, 0.5) is 5.95 Å². The van der Waals surface area contributed by atoms with E-state index in [1.807, 2.05) is 6.07 Å². The van der Waals surface area contributed by atoms with Crippen LogP contribution in [0.3, 0.4) is 0 Å². The summed E-state index contributed by atoms with van der Waals surface area (Å²) < 4.78 is 9.02. The summed E-state index contributed by atoms with van der Waals surface area (Å²) in [5.74, 6) is 1.56. The van der Waals surface area contributed by atoms with Gasteiger partial charge in [0.15, 0.2) is 0 Å². The molecular weight excluding hydrogens is 448 g/mol. The van der Waals surface area contributed by atoms with Crippen LogP contribution in [0, 0.1) is 11.3 Å². The van der Waals surface area contributed by atoms with E-state index in [-0.39, 0.29) is 5.41 Å². The number of nitriles is 1. The summed E-state index contributed by atoms with van der Waals surface area (Å²) in [7, 11) is -1.14. The monoisotopic (exact) mass is 476 g/mol. The van der Waals surface area contributed by atoms with Gasteiger partial charge in [-0.15, -0.1) is 0 Å². The van der Waals surface area contributed by atoms with Crippen molar-refractivity contribution in [2.45, 2.75) is 64.0 Å². The zero-order valence-electron chi connectivity index (χ0n) is 17.6. The van der Waals surface area contributed by atoms with Crippen molar-refractivity contribution >= 4 is 30.0 Å². The second-order valence-electron chi connectivity index (χ2n) is 9.01. The van der Waals surface area contributed by atoms with Gasteiger partial charge in [0.1, 0.15) is 22.9 Å². The molecule has 2 aromatic heterocycles. The molecule has 1 saturated carbocycles. The molecule has 2 heterocycles. The third-order valence-electron chi connectivity index (χ3n) is 5.10. The number of hydrogen-bond donors (Lipinski definition) is 1. The van der Waals surface area contributed by atoms with Crippen LogP contribution in [0.5, 0.6) is 0 Å². The minimum atomic E-state index is -1.14. The first-order chi connectivity index (χ1) is 13.7. The van der Waals surface area contributed by atoms with E-state index >= 15 is 0 Å². The van der Waals surface area contributed by atoms with E-state index in [4.69, 9.17) is 15.0 Å². The summed E-state index contributed by atoms with van der Waals surface area (Å²) in [6.07, 6.45) is 4.40. The van der Waals surface area contributed by atoms with Crippen LogP contribution in [-0.2, 0) is 16.9 Å². The van der Waals surface area contributed by atoms with Crippen LogP contribution in [0.15, 0.2) is 16.9 Å². The Hall–Kier alpha value is -1.76. The van der Waals surface area contributed by atoms with Gasteiger partial charge in [-0.1, -0.05) is 26.6 Å². The third-order valence-corrected chi connectivity index (χ3v) is 7.36. The molecule has 0 atom stereocenters. The summed E-state index contributed by atoms with van der Waals surface area (Å²) in [4.78, 5) is 13.7. The molecule has 0 amide bonds. The molecule has 156 valence electrons. The maximum absolute atomic E-state index is 8.73. The number of rotatable bonds is 10. The Balaban J connectivity index is 1.87. The standard InChI is InChI=1S/C20H29BrN6OSi/c1-20(7-8-20)18-26-17(21)16(27(18)14-28-12-13-29(2,3)4)15-6-11-24-19(25-15)23-10-5-9-22/h6,11H,5,7-8,10,12-14H2,1-4H3,(H,23,24,25). The van der Waals surface area contributed by atoms with Crippen molar-refractivity contribution in [2.75, 3.05) is 18.5 Å². The summed E-state index contributed by atoms with van der Waals surface area (Å²) in [5, 5.41) is 11.8. The zero-order valence-corrected chi connectivity index (χ0v) is 20.2. The number of halogens is 1. The Morgan fingerprint density at radius 2 is 2.10 bits per heavy atom. The molecule has 0 radical (unpaired) electrons. The number of nitrogens with one attached hydrogen (secondary N) is 1. The highest BCUT2D eigenvalue weighted by Gasteiger charge is 2.44. The van der Waals surface area contributed by atoms with Crippen LogP contribution in [0.1, 0.15) is 32.0 Å². The van der Waals surface area contributed by atoms with E-state index in [1.54, 1.807) is 6.20 Å². The maximum atomic E-state index is 8.73. The predicted octanol–water partition coefficient (Wildman–Crippen LogP) is 4.79. The second-order valence-corrected chi connectivity index (χ2v) is 15.4. The quantitative estimate of drug-likeness (QED) is 0.391. The summed E-state index contributed by atoms with van der Waals surface area (Å²) in [6, 6.07) is 5.13. The summed E-state index contributed by atoms with van der Waals surface area (Å²) >= 11 is 3.65. The average molecular weight is 477 g/mol. The predicted molar refractivity (Wildman–Crippen MR) is 120 cm³/mol. The Bertz CT molecular complexity index is 897. The van der Waals surface area contributed by atoms with E-state index in [2.05, 4.69) is 68.4 Å². The van der Waals surface area contributed by atoms with Crippen molar-refractivity contribution in [1.29, 1.82) is 5.26 Å². The van der Waals surface area contributed by atoms with E-state index in [9.17, 15) is 0 Å². The van der Waals surface area contributed by atoms with Gasteiger partial charge in [-0.05, 0) is 40.9 Å². The number of hydrogen-bond acceptors (Lipinski definition) is 6. The number of anilines is 1. The number of ether oxygens (including phenoxy) is 1. The van der Waals surface area contributed by atoms with Gasteiger partial charge in [0.2, 0.25) is 5.95 Å². The molecule has 9 heteroatoms. The van der Waals surface area contributed by atoms with Gasteiger partial charge in [-0.25, -0.2) is 15.0 Å². The summed E-state index contributed by atoms with van der Waals surface area (Å²) in [5.41, 5.74) is 1.79. The van der Waals surface area contributed by atoms with Gasteiger partial charge in [0.05, 0.1) is 18.2 Å². The Morgan fingerprint density at radius 1 is 1.34 bits per heavy atom. The molecule has 1 aliphatic rings. The third kappa shape index (κ3) is 5.65. The molecule has 0 spiro atoms. The normalized spacial score (nSPS) is 15.2. The highest BCUT2D eigenvalue weighted by atomic mass is 79.9. The Kier molecular flexibility index (Phi) is 6.76. The summed E-state index contributed by atoms with van der Waals surface area (Å²) in [6.45, 7) is 11.1. The molecule has 0 bridgehead atoms. The van der Waals surface area contributed by atoms with E-state index in [0.717, 1.165) is 47.3 Å². The fourth-order valence-electron chi connectivity index (χ4n) is 3.01. The lowest BCUT2D eigenvalue weighted by Crippen LogP contribution is -2.22. The van der Waals surface area contributed by atoms with Crippen LogP contribution >= 0.6 is 15.9 Å². The van der Waals surface area contributed by atoms with Gasteiger partial charge in [0, 0.05) is 32.8 Å². The molecular formula is C20H29BrN6OSi. The molecule has 1 fully saturated rings. The van der Waals surface area contributed by atoms with E-state index in [0.29, 0.717) is 25.6 Å². The molecule has 1 N–H and O–H groups in total. The van der Waals surface area contributed by atoms with Gasteiger partial charge in [0.25, 0.3) is 0 Å². The van der Waals surface area contributed by atoms with Crippen molar-refractivity contribution in [2.24, 2.45) is 0 Å². The number of aromatic nitrogens is 4. The largest absolute Gasteiger partial charge is 0.361 e. The first-order valence-electron chi connectivity index (χ1n) is 10.0. The molecule has 1 aliphatic carbocycles. The van der Waals surface area contributed by atoms with Crippen molar-refractivity contribution in [3.05, 3.63) is 22.7 Å². The lowest BCUT2D eigenvalue weighted by Gasteiger charge is -2.18. The molecule has 3 rings (SSSR count). The molecule has 2 aromatic rings. The van der Waals surface area contributed by atoms with Crippen LogP contribution in [0.25, 0.3) is 11.4 Å². The minimum Gasteiger partial charge on any atom is -0.361 e. The van der Waals surface area contributed by atoms with Gasteiger partial charge in [-0.3, -0.25) is 0 Å².